The molecule has 3 N–H and O–H groups in total. The fourth-order valence-electron chi connectivity index (χ4n) is 2.99. The number of methoxy groups -OCH3 is 1. The van der Waals surface area contributed by atoms with E-state index in [4.69, 9.17) is 10.5 Å². The molecule has 20 heavy (non-hydrogen) atoms. The van der Waals surface area contributed by atoms with Gasteiger partial charge in [0.05, 0.1) is 13.0 Å². The van der Waals surface area contributed by atoms with E-state index in [0.29, 0.717) is 5.92 Å². The number of nitrogens with two attached hydrogens (primary N) is 1. The number of nitrogens with one attached hydrogen (secondary N) is 1. The summed E-state index contributed by atoms with van der Waals surface area (Å²) in [6.45, 7) is 2.02. The second-order valence-corrected chi connectivity index (χ2v) is 5.69. The highest BCUT2D eigenvalue weighted by Gasteiger charge is 2.31. The van der Waals surface area contributed by atoms with E-state index in [1.807, 2.05) is 25.3 Å². The van der Waals surface area contributed by atoms with Crippen molar-refractivity contribution < 1.29 is 9.53 Å². The molecule has 0 radical (unpaired) electrons. The molecule has 1 atom stereocenters. The molecule has 0 bridgehead atoms. The number of amides is 1. The van der Waals surface area contributed by atoms with Gasteiger partial charge in [0.25, 0.3) is 0 Å². The number of rotatable bonds is 5. The fourth-order valence-corrected chi connectivity index (χ4v) is 2.99. The maximum Gasteiger partial charge on any atom is 0.225 e. The van der Waals surface area contributed by atoms with Crippen LogP contribution >= 0.6 is 0 Å². The molecular weight excluding hydrogens is 252 g/mol. The van der Waals surface area contributed by atoms with E-state index in [-0.39, 0.29) is 11.8 Å². The molecule has 106 valence electrons. The SMILES string of the molecule is COc1ccc2[nH]cc(C(CC3CC3)C(N)=O)c2c1C. The second kappa shape index (κ2) is 4.85. The van der Waals surface area contributed by atoms with E-state index < -0.39 is 0 Å². The Morgan fingerprint density at radius 3 is 2.85 bits per heavy atom. The topological polar surface area (TPSA) is 68.1 Å². The largest absolute Gasteiger partial charge is 0.496 e. The molecule has 1 unspecified atom stereocenters. The molecule has 1 aromatic heterocycles. The lowest BCUT2D eigenvalue weighted by atomic mass is 9.91. The number of benzene rings is 1. The van der Waals surface area contributed by atoms with Crippen molar-refractivity contribution in [3.05, 3.63) is 29.5 Å². The number of fused-ring (bicyclic) bond motifs is 1. The molecule has 0 saturated heterocycles. The van der Waals surface area contributed by atoms with Gasteiger partial charge in [-0.05, 0) is 37.0 Å². The molecular formula is C16H20N2O2. The van der Waals surface area contributed by atoms with Crippen LogP contribution in [-0.2, 0) is 4.79 Å². The number of ether oxygens (including phenoxy) is 1. The quantitative estimate of drug-likeness (QED) is 0.878. The number of aryl methyl sites for hydroxylation is 1. The third-order valence-corrected chi connectivity index (χ3v) is 4.29. The van der Waals surface area contributed by atoms with Crippen LogP contribution in [0, 0.1) is 12.8 Å². The Kier molecular flexibility index (Phi) is 3.16. The molecule has 4 heteroatoms. The van der Waals surface area contributed by atoms with Crippen molar-refractivity contribution in [3.63, 3.8) is 0 Å². The van der Waals surface area contributed by atoms with Gasteiger partial charge in [-0.3, -0.25) is 4.79 Å². The third kappa shape index (κ3) is 2.15. The van der Waals surface area contributed by atoms with Crippen molar-refractivity contribution in [3.8, 4) is 5.75 Å². The summed E-state index contributed by atoms with van der Waals surface area (Å²) in [5.41, 5.74) is 8.73. The van der Waals surface area contributed by atoms with E-state index in [9.17, 15) is 4.79 Å². The lowest BCUT2D eigenvalue weighted by Crippen LogP contribution is -2.21. The molecule has 3 rings (SSSR count). The van der Waals surface area contributed by atoms with Crippen molar-refractivity contribution >= 4 is 16.8 Å². The maximum absolute atomic E-state index is 11.8. The average Bonchev–Trinajstić information content (AvgIpc) is 3.14. The summed E-state index contributed by atoms with van der Waals surface area (Å²) in [5, 5.41) is 1.08. The van der Waals surface area contributed by atoms with Crippen molar-refractivity contribution in [2.75, 3.05) is 7.11 Å². The van der Waals surface area contributed by atoms with Crippen LogP contribution in [0.5, 0.6) is 5.75 Å². The van der Waals surface area contributed by atoms with E-state index in [1.165, 1.54) is 12.8 Å². The molecule has 4 nitrogen and oxygen atoms in total. The number of aromatic amines is 1. The maximum atomic E-state index is 11.8. The van der Waals surface area contributed by atoms with Gasteiger partial charge in [-0.15, -0.1) is 0 Å². The van der Waals surface area contributed by atoms with Crippen LogP contribution in [-0.4, -0.2) is 18.0 Å². The van der Waals surface area contributed by atoms with Crippen LogP contribution in [0.25, 0.3) is 10.9 Å². The smallest absolute Gasteiger partial charge is 0.225 e. The van der Waals surface area contributed by atoms with Gasteiger partial charge in [-0.25, -0.2) is 0 Å². The summed E-state index contributed by atoms with van der Waals surface area (Å²) >= 11 is 0. The van der Waals surface area contributed by atoms with Gasteiger partial charge in [0, 0.05) is 22.7 Å². The van der Waals surface area contributed by atoms with Crippen LogP contribution in [0.15, 0.2) is 18.3 Å². The zero-order chi connectivity index (χ0) is 14.3. The lowest BCUT2D eigenvalue weighted by Gasteiger charge is -2.14. The van der Waals surface area contributed by atoms with Gasteiger partial charge in [-0.2, -0.15) is 0 Å². The Morgan fingerprint density at radius 1 is 1.50 bits per heavy atom. The predicted molar refractivity (Wildman–Crippen MR) is 78.9 cm³/mol. The van der Waals surface area contributed by atoms with Crippen molar-refractivity contribution in [1.82, 2.24) is 4.98 Å². The molecule has 1 fully saturated rings. The fraction of sp³-hybridized carbons (Fsp3) is 0.438. The predicted octanol–water partition coefficient (Wildman–Crippen LogP) is 2.85. The number of hydrogen-bond acceptors (Lipinski definition) is 2. The minimum absolute atomic E-state index is 0.206. The molecule has 1 heterocycles. The van der Waals surface area contributed by atoms with Gasteiger partial charge >= 0.3 is 0 Å². The molecule has 2 aromatic rings. The Labute approximate surface area is 118 Å². The van der Waals surface area contributed by atoms with Crippen LogP contribution in [0.4, 0.5) is 0 Å². The number of carbonyl (C=O) groups is 1. The summed E-state index contributed by atoms with van der Waals surface area (Å²) in [4.78, 5) is 15.1. The average molecular weight is 272 g/mol. The van der Waals surface area contributed by atoms with E-state index in [1.54, 1.807) is 7.11 Å². The summed E-state index contributed by atoms with van der Waals surface area (Å²) in [5.74, 6) is 1.05. The Balaban J connectivity index is 2.11. The van der Waals surface area contributed by atoms with E-state index in [2.05, 4.69) is 4.98 Å². The Morgan fingerprint density at radius 2 is 2.25 bits per heavy atom. The number of aromatic nitrogens is 1. The highest BCUT2D eigenvalue weighted by atomic mass is 16.5. The highest BCUT2D eigenvalue weighted by Crippen LogP contribution is 2.41. The van der Waals surface area contributed by atoms with E-state index in [0.717, 1.165) is 34.2 Å². The minimum atomic E-state index is -0.236. The van der Waals surface area contributed by atoms with Crippen molar-refractivity contribution in [2.45, 2.75) is 32.1 Å². The lowest BCUT2D eigenvalue weighted by molar-refractivity contribution is -0.119. The van der Waals surface area contributed by atoms with Crippen LogP contribution in [0.1, 0.15) is 36.3 Å². The normalized spacial score (nSPS) is 16.3. The van der Waals surface area contributed by atoms with E-state index >= 15 is 0 Å². The van der Waals surface area contributed by atoms with Crippen molar-refractivity contribution in [1.29, 1.82) is 0 Å². The van der Waals surface area contributed by atoms with Gasteiger partial charge < -0.3 is 15.5 Å². The minimum Gasteiger partial charge on any atom is -0.496 e. The molecule has 0 spiro atoms. The first-order valence-electron chi connectivity index (χ1n) is 7.05. The first-order valence-corrected chi connectivity index (χ1v) is 7.05. The van der Waals surface area contributed by atoms with Crippen LogP contribution < -0.4 is 10.5 Å². The first kappa shape index (κ1) is 13.0. The zero-order valence-corrected chi connectivity index (χ0v) is 11.9. The molecule has 1 saturated carbocycles. The first-order chi connectivity index (χ1) is 9.61. The monoisotopic (exact) mass is 272 g/mol. The van der Waals surface area contributed by atoms with Crippen LogP contribution in [0.2, 0.25) is 0 Å². The number of hydrogen-bond donors (Lipinski definition) is 2. The standard InChI is InChI=1S/C16H20N2O2/c1-9-14(20-2)6-5-13-15(9)12(8-18-13)11(16(17)19)7-10-3-4-10/h5-6,8,10-11,18H,3-4,7H2,1-2H3,(H2,17,19). The molecule has 0 aliphatic heterocycles. The summed E-state index contributed by atoms with van der Waals surface area (Å²) in [6, 6.07) is 3.93. The van der Waals surface area contributed by atoms with Crippen molar-refractivity contribution in [2.24, 2.45) is 11.7 Å². The summed E-state index contributed by atoms with van der Waals surface area (Å²) < 4.78 is 5.38. The van der Waals surface area contributed by atoms with Crippen LogP contribution in [0.3, 0.4) is 0 Å². The molecule has 1 aliphatic rings. The number of primary amides is 1. The number of carbonyl (C=O) groups excluding carboxylic acids is 1. The highest BCUT2D eigenvalue weighted by molar-refractivity contribution is 5.94. The molecule has 1 aliphatic carbocycles. The summed E-state index contributed by atoms with van der Waals surface area (Å²) in [6.07, 6.45) is 5.22. The second-order valence-electron chi connectivity index (χ2n) is 5.69. The Hall–Kier alpha value is -1.97. The number of H-pyrrole nitrogens is 1. The Bertz CT molecular complexity index is 656. The molecule has 1 amide bonds. The zero-order valence-electron chi connectivity index (χ0n) is 11.9. The molecule has 1 aromatic carbocycles. The van der Waals surface area contributed by atoms with Gasteiger partial charge in [-0.1, -0.05) is 12.8 Å². The van der Waals surface area contributed by atoms with Gasteiger partial charge in [0.1, 0.15) is 5.75 Å². The summed E-state index contributed by atoms with van der Waals surface area (Å²) in [7, 11) is 1.66. The van der Waals surface area contributed by atoms with Gasteiger partial charge in [0.15, 0.2) is 0 Å². The van der Waals surface area contributed by atoms with Gasteiger partial charge in [0.2, 0.25) is 5.91 Å². The third-order valence-electron chi connectivity index (χ3n) is 4.29.